The van der Waals surface area contributed by atoms with Crippen LogP contribution in [0.3, 0.4) is 0 Å². The first-order valence-corrected chi connectivity index (χ1v) is 23.5. The van der Waals surface area contributed by atoms with Crippen molar-refractivity contribution in [3.05, 3.63) is 186 Å². The highest BCUT2D eigenvalue weighted by atomic mass is 32.1. The molecule has 5 heterocycles. The lowest BCUT2D eigenvalue weighted by Gasteiger charge is -2.17. The molecule has 0 atom stereocenters. The second-order valence-electron chi connectivity index (χ2n) is 17.8. The molecule has 306 valence electrons. The standard InChI is InChI=1S/C60H38N2O2S/c1-2-10-39(11-3-1)61-50-15-7-4-12-41(50)45-30-35(18-24-52(45)61)36-19-25-53-46(31-36)42-13-5-8-16-51(42)62(53)40-22-29-58-48(34-40)47-32-38(21-28-57(47)65-58)37-20-26-55-49(33-37)59-56(63-55)27-23-44-43-14-6-9-17-54(43)64-60(44)59/h1-2,4-10,12-21,23-28,30-34H,3,11,22,29H2. The third kappa shape index (κ3) is 5.13. The molecule has 0 unspecified atom stereocenters. The van der Waals surface area contributed by atoms with E-state index < -0.39 is 0 Å². The van der Waals surface area contributed by atoms with Gasteiger partial charge in [0, 0.05) is 64.1 Å². The van der Waals surface area contributed by atoms with Gasteiger partial charge in [-0.2, -0.15) is 0 Å². The molecule has 5 aromatic heterocycles. The van der Waals surface area contributed by atoms with Crippen LogP contribution < -0.4 is 0 Å². The van der Waals surface area contributed by atoms with Crippen LogP contribution in [-0.2, 0) is 6.42 Å². The highest BCUT2D eigenvalue weighted by molar-refractivity contribution is 7.19. The third-order valence-electron chi connectivity index (χ3n) is 14.3. The number of thiophene rings is 1. The summed E-state index contributed by atoms with van der Waals surface area (Å²) in [7, 11) is 0. The van der Waals surface area contributed by atoms with E-state index in [2.05, 4.69) is 179 Å². The predicted molar refractivity (Wildman–Crippen MR) is 275 cm³/mol. The smallest absolute Gasteiger partial charge is 0.147 e. The van der Waals surface area contributed by atoms with Crippen LogP contribution in [0, 0.1) is 0 Å². The maximum Gasteiger partial charge on any atom is 0.147 e. The average molecular weight is 851 g/mol. The number of benzene rings is 8. The Hall–Kier alpha value is -7.86. The van der Waals surface area contributed by atoms with E-state index in [0.717, 1.165) is 75.1 Å². The van der Waals surface area contributed by atoms with Crippen molar-refractivity contribution in [1.29, 1.82) is 0 Å². The average Bonchev–Trinajstić information content (AvgIpc) is 4.17. The summed E-state index contributed by atoms with van der Waals surface area (Å²) in [5.41, 5.74) is 17.4. The van der Waals surface area contributed by atoms with Crippen molar-refractivity contribution in [2.75, 3.05) is 0 Å². The van der Waals surface area contributed by atoms with Crippen LogP contribution in [0.25, 0.3) is 137 Å². The molecule has 2 aliphatic carbocycles. The molecule has 65 heavy (non-hydrogen) atoms. The number of rotatable bonds is 4. The van der Waals surface area contributed by atoms with Crippen LogP contribution in [-0.4, -0.2) is 9.13 Å². The van der Waals surface area contributed by atoms with E-state index in [1.807, 2.05) is 23.5 Å². The summed E-state index contributed by atoms with van der Waals surface area (Å²) in [6.45, 7) is 0. The van der Waals surface area contributed by atoms with Crippen LogP contribution in [0.1, 0.15) is 29.7 Å². The summed E-state index contributed by atoms with van der Waals surface area (Å²) >= 11 is 1.94. The second-order valence-corrected chi connectivity index (χ2v) is 18.9. The molecule has 0 radical (unpaired) electrons. The van der Waals surface area contributed by atoms with Gasteiger partial charge >= 0.3 is 0 Å². The van der Waals surface area contributed by atoms with Gasteiger partial charge in [-0.3, -0.25) is 0 Å². The number of hydrogen-bond acceptors (Lipinski definition) is 3. The summed E-state index contributed by atoms with van der Waals surface area (Å²) in [5, 5.41) is 10.8. The molecule has 2 aliphatic rings. The molecular formula is C60H38N2O2S. The highest BCUT2D eigenvalue weighted by Crippen LogP contribution is 2.45. The molecule has 5 heteroatoms. The molecular weight excluding hydrogens is 813 g/mol. The van der Waals surface area contributed by atoms with Crippen LogP contribution in [0.4, 0.5) is 0 Å². The van der Waals surface area contributed by atoms with E-state index in [1.165, 1.54) is 92.2 Å². The molecule has 0 N–H and O–H groups in total. The van der Waals surface area contributed by atoms with Crippen LogP contribution in [0.5, 0.6) is 0 Å². The first-order chi connectivity index (χ1) is 32.2. The molecule has 0 amide bonds. The Balaban J connectivity index is 0.842. The fraction of sp³-hybridized carbons (Fsp3) is 0.0667. The van der Waals surface area contributed by atoms with Crippen LogP contribution in [0.15, 0.2) is 185 Å². The van der Waals surface area contributed by atoms with E-state index >= 15 is 0 Å². The van der Waals surface area contributed by atoms with Gasteiger partial charge < -0.3 is 18.0 Å². The van der Waals surface area contributed by atoms with Crippen molar-refractivity contribution in [2.45, 2.75) is 25.7 Å². The topological polar surface area (TPSA) is 36.1 Å². The first-order valence-electron chi connectivity index (χ1n) is 22.7. The van der Waals surface area contributed by atoms with Gasteiger partial charge in [-0.1, -0.05) is 91.0 Å². The zero-order valence-electron chi connectivity index (χ0n) is 35.3. The van der Waals surface area contributed by atoms with Gasteiger partial charge in [0.2, 0.25) is 0 Å². The van der Waals surface area contributed by atoms with Crippen molar-refractivity contribution in [3.63, 3.8) is 0 Å². The van der Waals surface area contributed by atoms with Crippen LogP contribution >= 0.6 is 11.3 Å². The normalized spacial score (nSPS) is 14.3. The monoisotopic (exact) mass is 850 g/mol. The van der Waals surface area contributed by atoms with E-state index in [0.29, 0.717) is 0 Å². The Morgan fingerprint density at radius 3 is 1.77 bits per heavy atom. The van der Waals surface area contributed by atoms with E-state index in [4.69, 9.17) is 8.83 Å². The van der Waals surface area contributed by atoms with E-state index in [1.54, 1.807) is 0 Å². The lowest BCUT2D eigenvalue weighted by molar-refractivity contribution is 0.663. The van der Waals surface area contributed by atoms with Crippen molar-refractivity contribution in [3.8, 4) is 22.3 Å². The Kier molecular flexibility index (Phi) is 7.30. The van der Waals surface area contributed by atoms with E-state index in [9.17, 15) is 0 Å². The maximum absolute atomic E-state index is 6.48. The predicted octanol–water partition coefficient (Wildman–Crippen LogP) is 17.4. The van der Waals surface area contributed by atoms with Crippen molar-refractivity contribution < 1.29 is 8.83 Å². The van der Waals surface area contributed by atoms with Crippen molar-refractivity contribution >= 4 is 126 Å². The number of nitrogens with zero attached hydrogens (tertiary/aromatic N) is 2. The summed E-state index contributed by atoms with van der Waals surface area (Å²) in [4.78, 5) is 1.46. The SMILES string of the molecule is C1=CCCC(n2c3ccccc3c3cc(-c4ccc5c(c4)c4ccccc4n5C4=Cc5c(sc6ccc(-c7ccc8oc9ccc%10c%11ccccc%11oc%10c9c8c7)cc56)CC4)ccc32)=C1. The minimum absolute atomic E-state index is 0.844. The fourth-order valence-electron chi connectivity index (χ4n) is 11.3. The molecule has 0 saturated carbocycles. The molecule has 13 aromatic rings. The molecule has 0 saturated heterocycles. The maximum atomic E-state index is 6.48. The lowest BCUT2D eigenvalue weighted by atomic mass is 9.96. The molecule has 4 nitrogen and oxygen atoms in total. The minimum atomic E-state index is 0.844. The minimum Gasteiger partial charge on any atom is -0.456 e. The number of furan rings is 2. The van der Waals surface area contributed by atoms with E-state index in [-0.39, 0.29) is 0 Å². The fourth-order valence-corrected chi connectivity index (χ4v) is 12.4. The molecule has 0 aliphatic heterocycles. The zero-order valence-corrected chi connectivity index (χ0v) is 36.1. The van der Waals surface area contributed by atoms with Gasteiger partial charge in [0.05, 0.1) is 27.5 Å². The quantitative estimate of drug-likeness (QED) is 0.177. The molecule has 15 rings (SSSR count). The number of allylic oxidation sites excluding steroid dienone is 5. The third-order valence-corrected chi connectivity index (χ3v) is 15.5. The summed E-state index contributed by atoms with van der Waals surface area (Å²) < 4.78 is 19.2. The Bertz CT molecular complexity index is 4310. The lowest BCUT2D eigenvalue weighted by Crippen LogP contribution is -2.03. The number of hydrogen-bond donors (Lipinski definition) is 0. The molecule has 0 spiro atoms. The van der Waals surface area contributed by atoms with Gasteiger partial charge in [-0.05, 0) is 145 Å². The van der Waals surface area contributed by atoms with Crippen molar-refractivity contribution in [2.24, 2.45) is 0 Å². The first kappa shape index (κ1) is 35.6. The Morgan fingerprint density at radius 1 is 0.431 bits per heavy atom. The molecule has 8 aromatic carbocycles. The van der Waals surface area contributed by atoms with Gasteiger partial charge in [0.25, 0.3) is 0 Å². The Morgan fingerprint density at radius 2 is 1.03 bits per heavy atom. The highest BCUT2D eigenvalue weighted by Gasteiger charge is 2.23. The molecule has 0 fully saturated rings. The largest absolute Gasteiger partial charge is 0.456 e. The van der Waals surface area contributed by atoms with Crippen molar-refractivity contribution in [1.82, 2.24) is 9.13 Å². The Labute approximate surface area is 376 Å². The summed E-state index contributed by atoms with van der Waals surface area (Å²) in [6.07, 6.45) is 13.3. The summed E-state index contributed by atoms with van der Waals surface area (Å²) in [6, 6.07) is 58.0. The van der Waals surface area contributed by atoms with Crippen LogP contribution in [0.2, 0.25) is 0 Å². The van der Waals surface area contributed by atoms with Gasteiger partial charge in [-0.25, -0.2) is 0 Å². The number of fused-ring (bicyclic) bond motifs is 16. The molecule has 0 bridgehead atoms. The second kappa shape index (κ2) is 13.3. The van der Waals surface area contributed by atoms with Gasteiger partial charge in [0.1, 0.15) is 22.3 Å². The number of para-hydroxylation sites is 3. The van der Waals surface area contributed by atoms with Gasteiger partial charge in [0.15, 0.2) is 0 Å². The van der Waals surface area contributed by atoms with Gasteiger partial charge in [-0.15, -0.1) is 11.3 Å². The summed E-state index contributed by atoms with van der Waals surface area (Å²) in [5.74, 6) is 0. The number of aromatic nitrogens is 2. The number of aryl methyl sites for hydroxylation is 1. The zero-order chi connectivity index (χ0) is 42.3.